The average molecular weight is 261 g/mol. The first-order valence-corrected chi connectivity index (χ1v) is 6.45. The van der Waals surface area contributed by atoms with Crippen LogP contribution in [0.5, 0.6) is 0 Å². The molecule has 19 heavy (non-hydrogen) atoms. The van der Waals surface area contributed by atoms with Crippen LogP contribution in [0.1, 0.15) is 30.5 Å². The smallest absolute Gasteiger partial charge is 0.314 e. The molecule has 4 heteroatoms. The Morgan fingerprint density at radius 3 is 2.58 bits per heavy atom. The molecule has 0 saturated heterocycles. The third kappa shape index (κ3) is 1.52. The lowest BCUT2D eigenvalue weighted by molar-refractivity contribution is -0.147. The van der Waals surface area contributed by atoms with Crippen molar-refractivity contribution in [1.29, 1.82) is 0 Å². The minimum Gasteiger partial charge on any atom is -0.481 e. The number of fused-ring (bicyclic) bond motifs is 1. The zero-order valence-corrected chi connectivity index (χ0v) is 11.0. The van der Waals surface area contributed by atoms with Crippen molar-refractivity contribution < 1.29 is 14.3 Å². The van der Waals surface area contributed by atoms with E-state index in [2.05, 4.69) is 0 Å². The van der Waals surface area contributed by atoms with E-state index in [4.69, 9.17) is 0 Å². The number of carboxylic acid groups (broad SMARTS) is 1. The number of aryl methyl sites for hydroxylation is 2. The first-order chi connectivity index (χ1) is 8.95. The van der Waals surface area contributed by atoms with Crippen LogP contribution in [-0.4, -0.2) is 15.6 Å². The largest absolute Gasteiger partial charge is 0.481 e. The molecule has 0 amide bonds. The van der Waals surface area contributed by atoms with Gasteiger partial charge in [0, 0.05) is 29.2 Å². The molecule has 0 bridgehead atoms. The fourth-order valence-electron chi connectivity index (χ4n) is 2.99. The Hall–Kier alpha value is -1.84. The van der Waals surface area contributed by atoms with Crippen molar-refractivity contribution in [2.45, 2.75) is 31.6 Å². The molecule has 3 rings (SSSR count). The zero-order valence-electron chi connectivity index (χ0n) is 11.0. The number of carboxylic acids is 1. The van der Waals surface area contributed by atoms with Crippen molar-refractivity contribution in [3.8, 4) is 0 Å². The SMILES string of the molecule is Cc1cc2cc(F)c(C3(C(=O)O)CCC3)cc2n1C. The molecule has 1 aromatic carbocycles. The highest BCUT2D eigenvalue weighted by Crippen LogP contribution is 2.45. The minimum atomic E-state index is -1.02. The molecule has 0 radical (unpaired) electrons. The van der Waals surface area contributed by atoms with Crippen molar-refractivity contribution in [3.05, 3.63) is 35.3 Å². The number of aliphatic carboxylic acids is 1. The van der Waals surface area contributed by atoms with Crippen LogP contribution in [0.4, 0.5) is 4.39 Å². The molecule has 100 valence electrons. The van der Waals surface area contributed by atoms with E-state index in [1.807, 2.05) is 24.6 Å². The molecule has 1 N–H and O–H groups in total. The summed E-state index contributed by atoms with van der Waals surface area (Å²) in [5.74, 6) is -1.32. The Labute approximate surface area is 110 Å². The van der Waals surface area contributed by atoms with Crippen molar-refractivity contribution in [3.63, 3.8) is 0 Å². The molecule has 1 saturated carbocycles. The molecule has 1 aromatic heterocycles. The third-order valence-corrected chi connectivity index (χ3v) is 4.50. The molecule has 1 heterocycles. The number of hydrogen-bond donors (Lipinski definition) is 1. The van der Waals surface area contributed by atoms with E-state index < -0.39 is 17.2 Å². The van der Waals surface area contributed by atoms with Crippen molar-refractivity contribution in [1.82, 2.24) is 4.57 Å². The van der Waals surface area contributed by atoms with Gasteiger partial charge in [0.1, 0.15) is 5.82 Å². The van der Waals surface area contributed by atoms with E-state index in [1.165, 1.54) is 6.07 Å². The van der Waals surface area contributed by atoms with Gasteiger partial charge in [-0.3, -0.25) is 4.79 Å². The molecule has 0 spiro atoms. The Morgan fingerprint density at radius 2 is 2.05 bits per heavy atom. The monoisotopic (exact) mass is 261 g/mol. The predicted octanol–water partition coefficient (Wildman–Crippen LogP) is 3.13. The summed E-state index contributed by atoms with van der Waals surface area (Å²) in [4.78, 5) is 11.5. The van der Waals surface area contributed by atoms with E-state index >= 15 is 0 Å². The van der Waals surface area contributed by atoms with Gasteiger partial charge in [0.2, 0.25) is 0 Å². The maximum atomic E-state index is 14.3. The lowest BCUT2D eigenvalue weighted by atomic mass is 9.64. The second kappa shape index (κ2) is 3.83. The van der Waals surface area contributed by atoms with E-state index in [1.54, 1.807) is 6.07 Å². The van der Waals surface area contributed by atoms with Crippen LogP contribution in [0.25, 0.3) is 10.9 Å². The van der Waals surface area contributed by atoms with Gasteiger partial charge in [-0.05, 0) is 38.0 Å². The van der Waals surface area contributed by atoms with Gasteiger partial charge < -0.3 is 9.67 Å². The second-order valence-electron chi connectivity index (χ2n) is 5.48. The van der Waals surface area contributed by atoms with Crippen LogP contribution in [0.15, 0.2) is 18.2 Å². The maximum absolute atomic E-state index is 14.3. The Bertz CT molecular complexity index is 683. The summed E-state index contributed by atoms with van der Waals surface area (Å²) >= 11 is 0. The third-order valence-electron chi connectivity index (χ3n) is 4.50. The van der Waals surface area contributed by atoms with Gasteiger partial charge >= 0.3 is 5.97 Å². The van der Waals surface area contributed by atoms with E-state index in [0.717, 1.165) is 23.0 Å². The van der Waals surface area contributed by atoms with Crippen LogP contribution >= 0.6 is 0 Å². The normalized spacial score (nSPS) is 17.4. The Kier molecular flexibility index (Phi) is 2.46. The fraction of sp³-hybridized carbons (Fsp3) is 0.400. The molecule has 0 unspecified atom stereocenters. The predicted molar refractivity (Wildman–Crippen MR) is 70.8 cm³/mol. The van der Waals surface area contributed by atoms with Gasteiger partial charge in [-0.25, -0.2) is 4.39 Å². The first-order valence-electron chi connectivity index (χ1n) is 6.45. The van der Waals surface area contributed by atoms with E-state index in [0.29, 0.717) is 18.4 Å². The average Bonchev–Trinajstić information content (AvgIpc) is 2.53. The summed E-state index contributed by atoms with van der Waals surface area (Å²) in [6.07, 6.45) is 1.89. The highest BCUT2D eigenvalue weighted by Gasteiger charge is 2.47. The molecule has 1 fully saturated rings. The number of nitrogens with zero attached hydrogens (tertiary/aromatic N) is 1. The molecule has 1 aliphatic carbocycles. The number of carbonyl (C=O) groups is 1. The number of aromatic nitrogens is 1. The van der Waals surface area contributed by atoms with Gasteiger partial charge in [-0.2, -0.15) is 0 Å². The second-order valence-corrected chi connectivity index (χ2v) is 5.48. The van der Waals surface area contributed by atoms with E-state index in [9.17, 15) is 14.3 Å². The summed E-state index contributed by atoms with van der Waals surface area (Å²) in [6.45, 7) is 1.95. The molecular weight excluding hydrogens is 245 g/mol. The summed E-state index contributed by atoms with van der Waals surface area (Å²) in [7, 11) is 1.91. The fourth-order valence-corrected chi connectivity index (χ4v) is 2.99. The van der Waals surface area contributed by atoms with Crippen LogP contribution in [-0.2, 0) is 17.3 Å². The lowest BCUT2D eigenvalue weighted by Gasteiger charge is -2.38. The molecule has 2 aromatic rings. The minimum absolute atomic E-state index is 0.333. The summed E-state index contributed by atoms with van der Waals surface area (Å²) in [5.41, 5.74) is 1.24. The number of rotatable bonds is 2. The van der Waals surface area contributed by atoms with Gasteiger partial charge in [-0.1, -0.05) is 6.42 Å². The maximum Gasteiger partial charge on any atom is 0.314 e. The standard InChI is InChI=1S/C15H16FNO2/c1-9-6-10-7-12(16)11(8-13(10)17(9)2)15(14(18)19)4-3-5-15/h6-8H,3-5H2,1-2H3,(H,18,19). The van der Waals surface area contributed by atoms with Gasteiger partial charge in [0.05, 0.1) is 5.41 Å². The van der Waals surface area contributed by atoms with Crippen LogP contribution < -0.4 is 0 Å². The highest BCUT2D eigenvalue weighted by molar-refractivity contribution is 5.87. The molecule has 0 atom stereocenters. The number of hydrogen-bond acceptors (Lipinski definition) is 1. The van der Waals surface area contributed by atoms with Crippen LogP contribution in [0.3, 0.4) is 0 Å². The molecule has 0 aliphatic heterocycles. The highest BCUT2D eigenvalue weighted by atomic mass is 19.1. The molecule has 3 nitrogen and oxygen atoms in total. The lowest BCUT2D eigenvalue weighted by Crippen LogP contribution is -2.43. The van der Waals surface area contributed by atoms with Crippen LogP contribution in [0.2, 0.25) is 0 Å². The summed E-state index contributed by atoms with van der Waals surface area (Å²) in [6, 6.07) is 5.09. The Morgan fingerprint density at radius 1 is 1.37 bits per heavy atom. The molecule has 1 aliphatic rings. The van der Waals surface area contributed by atoms with Crippen LogP contribution in [0, 0.1) is 12.7 Å². The van der Waals surface area contributed by atoms with Gasteiger partial charge in [0.15, 0.2) is 0 Å². The van der Waals surface area contributed by atoms with Crippen molar-refractivity contribution in [2.24, 2.45) is 7.05 Å². The van der Waals surface area contributed by atoms with Crippen molar-refractivity contribution in [2.75, 3.05) is 0 Å². The Balaban J connectivity index is 2.26. The van der Waals surface area contributed by atoms with Gasteiger partial charge in [-0.15, -0.1) is 0 Å². The summed E-state index contributed by atoms with van der Waals surface area (Å²) < 4.78 is 16.2. The topological polar surface area (TPSA) is 42.2 Å². The summed E-state index contributed by atoms with van der Waals surface area (Å²) in [5, 5.41) is 10.3. The van der Waals surface area contributed by atoms with Gasteiger partial charge in [0.25, 0.3) is 0 Å². The first kappa shape index (κ1) is 12.2. The van der Waals surface area contributed by atoms with Crippen molar-refractivity contribution >= 4 is 16.9 Å². The molecular formula is C15H16FNO2. The van der Waals surface area contributed by atoms with E-state index in [-0.39, 0.29) is 0 Å². The number of halogens is 1. The number of benzene rings is 1. The quantitative estimate of drug-likeness (QED) is 0.902. The zero-order chi connectivity index (χ0) is 13.8.